The lowest BCUT2D eigenvalue weighted by molar-refractivity contribution is -0.116. The summed E-state index contributed by atoms with van der Waals surface area (Å²) in [4.78, 5) is 13.6. The second-order valence-corrected chi connectivity index (χ2v) is 4.36. The molecule has 84 valence electrons. The normalized spacial score (nSPS) is 20.1. The van der Waals surface area contributed by atoms with Crippen LogP contribution in [-0.2, 0) is 4.79 Å². The Morgan fingerprint density at radius 3 is 2.94 bits per heavy atom. The third kappa shape index (κ3) is 1.54. The fraction of sp³-hybridized carbons (Fsp3) is 0.417. The van der Waals surface area contributed by atoms with Gasteiger partial charge >= 0.3 is 0 Å². The van der Waals surface area contributed by atoms with Crippen molar-refractivity contribution in [3.8, 4) is 0 Å². The van der Waals surface area contributed by atoms with Crippen molar-refractivity contribution in [1.82, 2.24) is 0 Å². The second kappa shape index (κ2) is 3.47. The third-order valence-electron chi connectivity index (χ3n) is 3.13. The Bertz CT molecular complexity index is 443. The molecule has 1 aliphatic carbocycles. The van der Waals surface area contributed by atoms with Crippen LogP contribution in [0.1, 0.15) is 19.3 Å². The van der Waals surface area contributed by atoms with Crippen molar-refractivity contribution in [2.45, 2.75) is 25.3 Å². The average Bonchev–Trinajstić information content (AvgIpc) is 3.05. The number of fused-ring (bicyclic) bond motifs is 1. The lowest BCUT2D eigenvalue weighted by atomic mass is 10.2. The smallest absolute Gasteiger partial charge is 0.226 e. The molecule has 1 fully saturated rings. The molecule has 1 aliphatic heterocycles. The molecule has 1 aromatic carbocycles. The van der Waals surface area contributed by atoms with Gasteiger partial charge in [-0.05, 0) is 25.0 Å². The quantitative estimate of drug-likeness (QED) is 0.786. The number of nitrogens with zero attached hydrogens (tertiary/aromatic N) is 1. The number of rotatable bonds is 1. The van der Waals surface area contributed by atoms with Crippen LogP contribution >= 0.6 is 0 Å². The van der Waals surface area contributed by atoms with E-state index >= 15 is 0 Å². The van der Waals surface area contributed by atoms with Crippen molar-refractivity contribution < 1.29 is 9.18 Å². The van der Waals surface area contributed by atoms with Crippen LogP contribution in [0.25, 0.3) is 0 Å². The molecule has 0 bridgehead atoms. The van der Waals surface area contributed by atoms with Crippen LogP contribution in [0.2, 0.25) is 0 Å². The number of nitrogens with one attached hydrogen (secondary N) is 1. The molecule has 0 aromatic heterocycles. The molecule has 3 nitrogen and oxygen atoms in total. The Morgan fingerprint density at radius 2 is 2.19 bits per heavy atom. The summed E-state index contributed by atoms with van der Waals surface area (Å²) in [5.74, 6) is -0.451. The summed E-state index contributed by atoms with van der Waals surface area (Å²) in [5, 5.41) is 2.65. The van der Waals surface area contributed by atoms with Gasteiger partial charge in [0.25, 0.3) is 0 Å². The molecule has 16 heavy (non-hydrogen) atoms. The van der Waals surface area contributed by atoms with E-state index in [9.17, 15) is 9.18 Å². The van der Waals surface area contributed by atoms with Crippen LogP contribution in [0.4, 0.5) is 15.8 Å². The highest BCUT2D eigenvalue weighted by molar-refractivity contribution is 5.96. The monoisotopic (exact) mass is 220 g/mol. The molecule has 1 aromatic rings. The van der Waals surface area contributed by atoms with Crippen molar-refractivity contribution in [3.05, 3.63) is 24.0 Å². The number of hydrogen-bond acceptors (Lipinski definition) is 2. The maximum atomic E-state index is 13.6. The van der Waals surface area contributed by atoms with Crippen LogP contribution in [0.5, 0.6) is 0 Å². The Balaban J connectivity index is 2.07. The molecule has 0 radical (unpaired) electrons. The summed E-state index contributed by atoms with van der Waals surface area (Å²) >= 11 is 0. The first kappa shape index (κ1) is 9.63. The van der Waals surface area contributed by atoms with E-state index in [1.54, 1.807) is 6.07 Å². The largest absolute Gasteiger partial charge is 0.366 e. The minimum absolute atomic E-state index is 0.102. The predicted octanol–water partition coefficient (Wildman–Crippen LogP) is 2.14. The molecule has 3 rings (SSSR count). The Hall–Kier alpha value is -1.58. The van der Waals surface area contributed by atoms with Crippen molar-refractivity contribution in [3.63, 3.8) is 0 Å². The summed E-state index contributed by atoms with van der Waals surface area (Å²) in [6, 6.07) is 5.45. The Morgan fingerprint density at radius 1 is 1.38 bits per heavy atom. The number of amides is 1. The molecule has 0 unspecified atom stereocenters. The summed E-state index contributed by atoms with van der Waals surface area (Å²) in [6.07, 6.45) is 2.72. The van der Waals surface area contributed by atoms with Gasteiger partial charge in [0.15, 0.2) is 0 Å². The zero-order chi connectivity index (χ0) is 11.1. The molecule has 1 N–H and O–H groups in total. The van der Waals surface area contributed by atoms with E-state index in [4.69, 9.17) is 0 Å². The molecule has 0 saturated heterocycles. The highest BCUT2D eigenvalue weighted by Crippen LogP contribution is 2.38. The zero-order valence-electron chi connectivity index (χ0n) is 8.87. The van der Waals surface area contributed by atoms with E-state index in [2.05, 4.69) is 10.2 Å². The van der Waals surface area contributed by atoms with Gasteiger partial charge in [0, 0.05) is 19.0 Å². The highest BCUT2D eigenvalue weighted by Gasteiger charge is 2.33. The maximum Gasteiger partial charge on any atom is 0.226 e. The van der Waals surface area contributed by atoms with Gasteiger partial charge in [-0.25, -0.2) is 4.39 Å². The molecule has 4 heteroatoms. The molecule has 2 aliphatic rings. The van der Waals surface area contributed by atoms with E-state index < -0.39 is 0 Å². The number of benzene rings is 1. The summed E-state index contributed by atoms with van der Waals surface area (Å²) in [6.45, 7) is 0.687. The average molecular weight is 220 g/mol. The molecule has 1 saturated carbocycles. The topological polar surface area (TPSA) is 32.3 Å². The van der Waals surface area contributed by atoms with Gasteiger partial charge < -0.3 is 10.2 Å². The molecule has 1 heterocycles. The Kier molecular flexibility index (Phi) is 2.09. The van der Waals surface area contributed by atoms with Crippen molar-refractivity contribution >= 4 is 17.3 Å². The van der Waals surface area contributed by atoms with E-state index in [1.807, 2.05) is 6.07 Å². The Labute approximate surface area is 93.2 Å². The standard InChI is InChI=1S/C12H13FN2O/c13-9-2-1-3-10-12(9)14-11(16)6-7-15(10)8-4-5-8/h1-3,8H,4-7H2,(H,14,16). The van der Waals surface area contributed by atoms with Crippen LogP contribution in [-0.4, -0.2) is 18.5 Å². The zero-order valence-corrected chi connectivity index (χ0v) is 8.87. The van der Waals surface area contributed by atoms with Gasteiger partial charge in [0.1, 0.15) is 11.5 Å². The first-order valence-corrected chi connectivity index (χ1v) is 5.61. The SMILES string of the molecule is O=C1CCN(C2CC2)c2cccc(F)c2N1. The van der Waals surface area contributed by atoms with E-state index in [0.717, 1.165) is 18.5 Å². The lowest BCUT2D eigenvalue weighted by Gasteiger charge is -2.23. The van der Waals surface area contributed by atoms with Crippen LogP contribution in [0.3, 0.4) is 0 Å². The van der Waals surface area contributed by atoms with Crippen molar-refractivity contribution in [2.24, 2.45) is 0 Å². The third-order valence-corrected chi connectivity index (χ3v) is 3.13. The number of hydrogen-bond donors (Lipinski definition) is 1. The summed E-state index contributed by atoms with van der Waals surface area (Å²) < 4.78 is 13.6. The highest BCUT2D eigenvalue weighted by atomic mass is 19.1. The van der Waals surface area contributed by atoms with Crippen molar-refractivity contribution in [2.75, 3.05) is 16.8 Å². The molecule has 0 atom stereocenters. The molecule has 0 spiro atoms. The van der Waals surface area contributed by atoms with Gasteiger partial charge in [-0.15, -0.1) is 0 Å². The van der Waals surface area contributed by atoms with Gasteiger partial charge in [-0.2, -0.15) is 0 Å². The van der Waals surface area contributed by atoms with Crippen LogP contribution in [0.15, 0.2) is 18.2 Å². The van der Waals surface area contributed by atoms with Gasteiger partial charge in [-0.1, -0.05) is 6.07 Å². The van der Waals surface area contributed by atoms with Crippen LogP contribution < -0.4 is 10.2 Å². The first-order valence-electron chi connectivity index (χ1n) is 5.61. The molecular weight excluding hydrogens is 207 g/mol. The maximum absolute atomic E-state index is 13.6. The number of carbonyl (C=O) groups is 1. The second-order valence-electron chi connectivity index (χ2n) is 4.36. The number of para-hydroxylation sites is 1. The van der Waals surface area contributed by atoms with Gasteiger partial charge in [0.2, 0.25) is 5.91 Å². The predicted molar refractivity (Wildman–Crippen MR) is 60.0 cm³/mol. The van der Waals surface area contributed by atoms with Crippen LogP contribution in [0, 0.1) is 5.82 Å². The molecule has 1 amide bonds. The summed E-state index contributed by atoms with van der Waals surface area (Å²) in [5.41, 5.74) is 1.17. The first-order chi connectivity index (χ1) is 7.75. The van der Waals surface area contributed by atoms with Gasteiger partial charge in [0.05, 0.1) is 5.69 Å². The summed E-state index contributed by atoms with van der Waals surface area (Å²) in [7, 11) is 0. The fourth-order valence-corrected chi connectivity index (χ4v) is 2.19. The number of carbonyl (C=O) groups excluding carboxylic acids is 1. The fourth-order valence-electron chi connectivity index (χ4n) is 2.19. The van der Waals surface area contributed by atoms with E-state index in [0.29, 0.717) is 24.7 Å². The van der Waals surface area contributed by atoms with E-state index in [-0.39, 0.29) is 11.7 Å². The lowest BCUT2D eigenvalue weighted by Crippen LogP contribution is -2.26. The number of halogens is 1. The minimum Gasteiger partial charge on any atom is -0.366 e. The van der Waals surface area contributed by atoms with Crippen molar-refractivity contribution in [1.29, 1.82) is 0 Å². The minimum atomic E-state index is -0.349. The number of anilines is 2. The van der Waals surface area contributed by atoms with E-state index in [1.165, 1.54) is 6.07 Å². The van der Waals surface area contributed by atoms with Gasteiger partial charge in [-0.3, -0.25) is 4.79 Å². The molecular formula is C12H13FN2O.